The maximum Gasteiger partial charge on any atom is 0.433 e. The summed E-state index contributed by atoms with van der Waals surface area (Å²) in [7, 11) is -3.81. The van der Waals surface area contributed by atoms with E-state index in [4.69, 9.17) is 0 Å². The average Bonchev–Trinajstić information content (AvgIpc) is 2.98. The van der Waals surface area contributed by atoms with E-state index in [9.17, 15) is 21.6 Å². The third kappa shape index (κ3) is 4.15. The molecule has 0 spiro atoms. The van der Waals surface area contributed by atoms with E-state index in [0.717, 1.165) is 50.7 Å². The Kier molecular flexibility index (Phi) is 5.36. The highest BCUT2D eigenvalue weighted by molar-refractivity contribution is 7.89. The van der Waals surface area contributed by atoms with E-state index in [2.05, 4.69) is 9.88 Å². The number of sulfonamides is 1. The first kappa shape index (κ1) is 18.6. The molecule has 0 amide bonds. The molecule has 0 aliphatic carbocycles. The molecule has 140 valence electrons. The molecule has 25 heavy (non-hydrogen) atoms. The van der Waals surface area contributed by atoms with Crippen LogP contribution in [0.5, 0.6) is 0 Å². The maximum absolute atomic E-state index is 12.7. The zero-order chi connectivity index (χ0) is 18.1. The van der Waals surface area contributed by atoms with Gasteiger partial charge in [-0.2, -0.15) is 17.5 Å². The van der Waals surface area contributed by atoms with Crippen molar-refractivity contribution in [3.8, 4) is 0 Å². The van der Waals surface area contributed by atoms with Gasteiger partial charge < -0.3 is 4.90 Å². The van der Waals surface area contributed by atoms with Crippen molar-refractivity contribution in [1.29, 1.82) is 0 Å². The summed E-state index contributed by atoms with van der Waals surface area (Å²) in [4.78, 5) is 5.52. The van der Waals surface area contributed by atoms with E-state index in [1.54, 1.807) is 0 Å². The molecule has 0 bridgehead atoms. The number of aromatic nitrogens is 1. The van der Waals surface area contributed by atoms with E-state index in [0.29, 0.717) is 19.1 Å². The van der Waals surface area contributed by atoms with Crippen LogP contribution in [0.4, 0.5) is 13.2 Å². The SMILES string of the molecule is O=S(=O)(c1ccc(C(F)(F)F)nc1)N1CCC[C@@H](N2CCCC2)CC1. The van der Waals surface area contributed by atoms with Gasteiger partial charge in [-0.1, -0.05) is 0 Å². The fraction of sp³-hybridized carbons (Fsp3) is 0.688. The highest BCUT2D eigenvalue weighted by Crippen LogP contribution is 2.29. The van der Waals surface area contributed by atoms with E-state index in [-0.39, 0.29) is 4.90 Å². The Balaban J connectivity index is 1.71. The second kappa shape index (κ2) is 7.20. The second-order valence-electron chi connectivity index (χ2n) is 6.61. The molecule has 0 N–H and O–H groups in total. The van der Waals surface area contributed by atoms with Crippen molar-refractivity contribution in [2.45, 2.75) is 49.2 Å². The summed E-state index contributed by atoms with van der Waals surface area (Å²) in [6.45, 7) is 2.93. The lowest BCUT2D eigenvalue weighted by Gasteiger charge is -2.26. The lowest BCUT2D eigenvalue weighted by Crippen LogP contribution is -2.35. The van der Waals surface area contributed by atoms with E-state index in [1.807, 2.05) is 0 Å². The first-order valence-corrected chi connectivity index (χ1v) is 10.00. The van der Waals surface area contributed by atoms with Crippen molar-refractivity contribution in [2.75, 3.05) is 26.2 Å². The Labute approximate surface area is 145 Å². The van der Waals surface area contributed by atoms with Crippen LogP contribution in [-0.4, -0.2) is 54.8 Å². The number of hydrogen-bond donors (Lipinski definition) is 0. The monoisotopic (exact) mass is 377 g/mol. The number of halogens is 3. The zero-order valence-corrected chi connectivity index (χ0v) is 14.7. The van der Waals surface area contributed by atoms with Gasteiger partial charge >= 0.3 is 6.18 Å². The van der Waals surface area contributed by atoms with Crippen LogP contribution in [0.3, 0.4) is 0 Å². The lowest BCUT2D eigenvalue weighted by atomic mass is 10.1. The van der Waals surface area contributed by atoms with Gasteiger partial charge in [-0.3, -0.25) is 4.98 Å². The van der Waals surface area contributed by atoms with Gasteiger partial charge in [0.25, 0.3) is 0 Å². The first-order chi connectivity index (χ1) is 11.8. The molecule has 0 radical (unpaired) electrons. The van der Waals surface area contributed by atoms with Crippen molar-refractivity contribution >= 4 is 10.0 Å². The summed E-state index contributed by atoms with van der Waals surface area (Å²) >= 11 is 0. The average molecular weight is 377 g/mol. The molecule has 1 aromatic heterocycles. The minimum atomic E-state index is -4.58. The second-order valence-corrected chi connectivity index (χ2v) is 8.55. The van der Waals surface area contributed by atoms with Gasteiger partial charge in [0.15, 0.2) is 0 Å². The largest absolute Gasteiger partial charge is 0.433 e. The molecule has 2 aliphatic rings. The maximum atomic E-state index is 12.7. The van der Waals surface area contributed by atoms with Crippen LogP contribution < -0.4 is 0 Å². The molecule has 3 rings (SSSR count). The Bertz CT molecular complexity index is 686. The smallest absolute Gasteiger partial charge is 0.300 e. The Morgan fingerprint density at radius 3 is 2.32 bits per heavy atom. The summed E-state index contributed by atoms with van der Waals surface area (Å²) in [5.74, 6) is 0. The molecule has 2 saturated heterocycles. The molecule has 3 heterocycles. The quantitative estimate of drug-likeness (QED) is 0.813. The fourth-order valence-electron chi connectivity index (χ4n) is 3.61. The highest BCUT2D eigenvalue weighted by atomic mass is 32.2. The minimum Gasteiger partial charge on any atom is -0.300 e. The summed E-state index contributed by atoms with van der Waals surface area (Å²) in [5, 5.41) is 0. The third-order valence-electron chi connectivity index (χ3n) is 4.98. The molecular formula is C16H22F3N3O2S. The van der Waals surface area contributed by atoms with Crippen LogP contribution in [0.15, 0.2) is 23.2 Å². The lowest BCUT2D eigenvalue weighted by molar-refractivity contribution is -0.141. The fourth-order valence-corrected chi connectivity index (χ4v) is 5.05. The number of pyridine rings is 1. The normalized spacial score (nSPS) is 24.4. The van der Waals surface area contributed by atoms with Crippen molar-refractivity contribution in [3.63, 3.8) is 0 Å². The molecule has 1 atom stereocenters. The Hall–Kier alpha value is -1.19. The number of hydrogen-bond acceptors (Lipinski definition) is 4. The van der Waals surface area contributed by atoms with Crippen LogP contribution in [-0.2, 0) is 16.2 Å². The van der Waals surface area contributed by atoms with Gasteiger partial charge in [0.2, 0.25) is 10.0 Å². The number of nitrogens with zero attached hydrogens (tertiary/aromatic N) is 3. The van der Waals surface area contributed by atoms with Gasteiger partial charge in [-0.25, -0.2) is 8.42 Å². The summed E-state index contributed by atoms with van der Waals surface area (Å²) < 4.78 is 64.6. The van der Waals surface area contributed by atoms with Gasteiger partial charge in [0, 0.05) is 25.3 Å². The molecule has 9 heteroatoms. The predicted molar refractivity (Wildman–Crippen MR) is 86.4 cm³/mol. The van der Waals surface area contributed by atoms with Crippen molar-refractivity contribution in [1.82, 2.24) is 14.2 Å². The van der Waals surface area contributed by atoms with Crippen molar-refractivity contribution in [3.05, 3.63) is 24.0 Å². The molecule has 0 saturated carbocycles. The van der Waals surface area contributed by atoms with Gasteiger partial charge in [0.05, 0.1) is 0 Å². The van der Waals surface area contributed by atoms with Crippen LogP contribution >= 0.6 is 0 Å². The Morgan fingerprint density at radius 2 is 1.72 bits per heavy atom. The van der Waals surface area contributed by atoms with E-state index < -0.39 is 21.9 Å². The van der Waals surface area contributed by atoms with Crippen molar-refractivity contribution in [2.24, 2.45) is 0 Å². The van der Waals surface area contributed by atoms with Crippen LogP contribution in [0.2, 0.25) is 0 Å². The molecular weight excluding hydrogens is 355 g/mol. The van der Waals surface area contributed by atoms with Gasteiger partial charge in [-0.05, 0) is 57.3 Å². The summed E-state index contributed by atoms with van der Waals surface area (Å²) in [5.41, 5.74) is -1.09. The standard InChI is InChI=1S/C16H22F3N3O2S/c17-16(18,19)15-6-5-14(12-20-15)25(23,24)22-10-3-4-13(7-11-22)21-8-1-2-9-21/h5-6,12-13H,1-4,7-11H2/t13-/m1/s1. The summed E-state index contributed by atoms with van der Waals surface area (Å²) in [6.07, 6.45) is 1.08. The number of likely N-dealkylation sites (tertiary alicyclic amines) is 1. The number of rotatable bonds is 3. The van der Waals surface area contributed by atoms with Crippen LogP contribution in [0.1, 0.15) is 37.8 Å². The molecule has 5 nitrogen and oxygen atoms in total. The molecule has 0 aromatic carbocycles. The molecule has 1 aromatic rings. The van der Waals surface area contributed by atoms with E-state index >= 15 is 0 Å². The minimum absolute atomic E-state index is 0.180. The van der Waals surface area contributed by atoms with E-state index in [1.165, 1.54) is 17.1 Å². The molecule has 2 fully saturated rings. The third-order valence-corrected chi connectivity index (χ3v) is 6.86. The van der Waals surface area contributed by atoms with Crippen molar-refractivity contribution < 1.29 is 21.6 Å². The summed E-state index contributed by atoms with van der Waals surface area (Å²) in [6, 6.07) is 2.11. The Morgan fingerprint density at radius 1 is 1.00 bits per heavy atom. The molecule has 2 aliphatic heterocycles. The highest BCUT2D eigenvalue weighted by Gasteiger charge is 2.34. The zero-order valence-electron chi connectivity index (χ0n) is 13.9. The topological polar surface area (TPSA) is 53.5 Å². The van der Waals surface area contributed by atoms with Gasteiger partial charge in [-0.15, -0.1) is 0 Å². The van der Waals surface area contributed by atoms with Gasteiger partial charge in [0.1, 0.15) is 10.6 Å². The first-order valence-electron chi connectivity index (χ1n) is 8.56. The van der Waals surface area contributed by atoms with Crippen LogP contribution in [0.25, 0.3) is 0 Å². The predicted octanol–water partition coefficient (Wildman–Crippen LogP) is 2.74. The van der Waals surface area contributed by atoms with Crippen LogP contribution in [0, 0.1) is 0 Å². The molecule has 0 unspecified atom stereocenters. The number of alkyl halides is 3.